The number of alkyl halides is 1. The third-order valence-electron chi connectivity index (χ3n) is 4.11. The van der Waals surface area contributed by atoms with E-state index in [1.54, 1.807) is 0 Å². The molecule has 1 atom stereocenters. The van der Waals surface area contributed by atoms with Gasteiger partial charge < -0.3 is 24.8 Å². The summed E-state index contributed by atoms with van der Waals surface area (Å²) in [5.41, 5.74) is 8.12. The van der Waals surface area contributed by atoms with E-state index >= 15 is 0 Å². The smallest absolute Gasteiger partial charge is 0.0253 e. The molecule has 0 radical (unpaired) electrons. The Morgan fingerprint density at radius 2 is 1.78 bits per heavy atom. The molecule has 0 N–H and O–H groups in total. The molecule has 1 aliphatic heterocycles. The first kappa shape index (κ1) is 25.2. The van der Waals surface area contributed by atoms with Crippen LogP contribution in [0.5, 0.6) is 0 Å². The summed E-state index contributed by atoms with van der Waals surface area (Å²) >= 11 is 6.43. The third kappa shape index (κ3) is 6.08. The van der Waals surface area contributed by atoms with Crippen LogP contribution in [0.25, 0.3) is 11.1 Å². The second-order valence-corrected chi connectivity index (χ2v) is 8.45. The molecule has 6 heteroatoms. The van der Waals surface area contributed by atoms with Gasteiger partial charge in [0, 0.05) is 4.16 Å². The van der Waals surface area contributed by atoms with E-state index in [4.69, 9.17) is 0 Å². The monoisotopic (exact) mass is 570 g/mol. The van der Waals surface area contributed by atoms with Crippen LogP contribution in [0.4, 0.5) is 0 Å². The van der Waals surface area contributed by atoms with Gasteiger partial charge in [0.25, 0.3) is 0 Å². The molecule has 0 bridgehead atoms. The molecule has 27 heavy (non-hydrogen) atoms. The number of benzene rings is 2. The Hall–Kier alpha value is 0.173. The molecule has 5 rings (SSSR count). The van der Waals surface area contributed by atoms with Gasteiger partial charge in [0.2, 0.25) is 0 Å². The average Bonchev–Trinajstić information content (AvgIpc) is 3.27. The zero-order chi connectivity index (χ0) is 17.8. The second kappa shape index (κ2) is 12.0. The van der Waals surface area contributed by atoms with Crippen LogP contribution in [-0.2, 0) is 29.1 Å². The Balaban J connectivity index is 0.000000237. The van der Waals surface area contributed by atoms with Crippen LogP contribution >= 0.6 is 36.5 Å². The fraction of sp³-hybridized carbons (Fsp3) is 0.143. The summed E-state index contributed by atoms with van der Waals surface area (Å²) in [6.45, 7) is 2.11. The molecule has 0 saturated heterocycles. The predicted octanol–water partition coefficient (Wildman–Crippen LogP) is 0.739. The van der Waals surface area contributed by atoms with Gasteiger partial charge in [-0.05, 0) is 6.42 Å². The van der Waals surface area contributed by atoms with Gasteiger partial charge in [0.15, 0.2) is 0 Å². The first-order valence-electron chi connectivity index (χ1n) is 7.83. The molecular weight excluding hydrogens is 558 g/mol. The molecule has 2 aromatic carbocycles. The Labute approximate surface area is 204 Å². The number of allylic oxidation sites excluding steroid dienone is 4. The van der Waals surface area contributed by atoms with Gasteiger partial charge in [-0.2, -0.15) is 59.3 Å². The summed E-state index contributed by atoms with van der Waals surface area (Å²) in [7, 11) is 4.17. The first-order chi connectivity index (χ1) is 12.2. The molecule has 1 heterocycles. The Kier molecular flexibility index (Phi) is 11.2. The zero-order valence-electron chi connectivity index (χ0n) is 14.4. The van der Waals surface area contributed by atoms with E-state index in [-0.39, 0.29) is 24.8 Å². The normalized spacial score (nSPS) is 17.0. The molecule has 0 nitrogen and oxygen atoms in total. The van der Waals surface area contributed by atoms with Gasteiger partial charge in [-0.25, -0.2) is 0 Å². The molecule has 1 unspecified atom stereocenters. The summed E-state index contributed by atoms with van der Waals surface area (Å²) in [5, 5.41) is 0. The average molecular weight is 574 g/mol. The summed E-state index contributed by atoms with van der Waals surface area (Å²) in [6.07, 6.45) is 8.72. The standard InChI is InChI=1S/C13H9.C8H6BrS.2ClH.S.Zr/c1-3-7-12-10(5-1)9-11-6-2-4-8-13(11)12;1-5-2-6-4-8(9)10-7(6)3-5;;;;/h1-5,7-8H,9H2;2-3,8H,1H3;2*1H;;/q2*-1;;;;+2/p-2. The maximum Gasteiger partial charge on any atom is -0.0253 e. The minimum absolute atomic E-state index is 0. The number of hydrogen-bond donors (Lipinski definition) is 0. The van der Waals surface area contributed by atoms with E-state index in [1.807, 2.05) is 17.8 Å². The maximum atomic E-state index is 4.17. The van der Waals surface area contributed by atoms with Gasteiger partial charge in [0.05, 0.1) is 0 Å². The van der Waals surface area contributed by atoms with Gasteiger partial charge in [0.1, 0.15) is 0 Å². The number of thioether (sulfide) groups is 1. The first-order valence-corrected chi connectivity index (χ1v) is 13.0. The van der Waals surface area contributed by atoms with E-state index in [1.165, 1.54) is 38.3 Å². The van der Waals surface area contributed by atoms with E-state index in [0.29, 0.717) is 4.16 Å². The number of halogens is 3. The fourth-order valence-corrected chi connectivity index (χ4v) is 4.85. The molecule has 3 aliphatic rings. The van der Waals surface area contributed by atoms with Crippen molar-refractivity contribution in [1.82, 2.24) is 0 Å². The van der Waals surface area contributed by atoms with Gasteiger partial charge in [-0.3, -0.25) is 0 Å². The van der Waals surface area contributed by atoms with Gasteiger partial charge in [-0.15, -0.1) is 17.2 Å². The molecule has 0 saturated carbocycles. The molecular formula is C21H15BrCl2S2Zr-2. The molecule has 2 aliphatic carbocycles. The van der Waals surface area contributed by atoms with E-state index < -0.39 is 0 Å². The van der Waals surface area contributed by atoms with Crippen molar-refractivity contribution in [2.24, 2.45) is 0 Å². The quantitative estimate of drug-likeness (QED) is 0.288. The van der Waals surface area contributed by atoms with Crippen molar-refractivity contribution in [3.8, 4) is 11.1 Å². The maximum absolute atomic E-state index is 4.17. The van der Waals surface area contributed by atoms with Gasteiger partial charge in [-0.1, -0.05) is 63.2 Å². The largest absolute Gasteiger partial charge is 0.179 e. The Bertz CT molecular complexity index is 850. The molecule has 0 fully saturated rings. The molecule has 0 amide bonds. The van der Waals surface area contributed by atoms with Crippen molar-refractivity contribution in [2.75, 3.05) is 0 Å². The second-order valence-electron chi connectivity index (χ2n) is 5.79. The van der Waals surface area contributed by atoms with Gasteiger partial charge >= 0.3 is 31.5 Å². The Morgan fingerprint density at radius 3 is 2.52 bits per heavy atom. The van der Waals surface area contributed by atoms with Crippen LogP contribution in [0.15, 0.2) is 70.7 Å². The predicted molar refractivity (Wildman–Crippen MR) is 110 cm³/mol. The SMILES string of the molecule is CC1=CC2=[C-]C(Br)SC2=C1.[Cl-].[Cl-].[S]=[Zr+2].[c-]1cccc2c1Cc1ccccc1-2. The van der Waals surface area contributed by atoms with Crippen LogP contribution < -0.4 is 24.8 Å². The van der Waals surface area contributed by atoms with Crippen molar-refractivity contribution >= 4 is 36.5 Å². The fourth-order valence-electron chi connectivity index (χ4n) is 3.10. The van der Waals surface area contributed by atoms with Crippen molar-refractivity contribution in [3.05, 3.63) is 93.9 Å². The molecule has 0 aromatic heterocycles. The molecule has 138 valence electrons. The van der Waals surface area contributed by atoms with Crippen LogP contribution in [0, 0.1) is 12.1 Å². The number of fused-ring (bicyclic) bond motifs is 4. The summed E-state index contributed by atoms with van der Waals surface area (Å²) in [5.74, 6) is 0. The van der Waals surface area contributed by atoms with Crippen LogP contribution in [-0.4, -0.2) is 4.16 Å². The summed E-state index contributed by atoms with van der Waals surface area (Å²) in [6, 6.07) is 18.1. The van der Waals surface area contributed by atoms with Crippen molar-refractivity contribution < 1.29 is 47.5 Å². The summed E-state index contributed by atoms with van der Waals surface area (Å²) in [4.78, 5) is 1.36. The van der Waals surface area contributed by atoms with Crippen LogP contribution in [0.1, 0.15) is 18.1 Å². The topological polar surface area (TPSA) is 0 Å². The Morgan fingerprint density at radius 1 is 1.07 bits per heavy atom. The zero-order valence-corrected chi connectivity index (χ0v) is 21.6. The summed E-state index contributed by atoms with van der Waals surface area (Å²) < 4.78 is 0.373. The van der Waals surface area contributed by atoms with E-state index in [2.05, 4.69) is 92.4 Å². The van der Waals surface area contributed by atoms with E-state index in [9.17, 15) is 0 Å². The van der Waals surface area contributed by atoms with Crippen LogP contribution in [0.3, 0.4) is 0 Å². The minimum atomic E-state index is 0. The third-order valence-corrected chi connectivity index (χ3v) is 5.82. The van der Waals surface area contributed by atoms with Crippen molar-refractivity contribution in [2.45, 2.75) is 17.5 Å². The van der Waals surface area contributed by atoms with Crippen molar-refractivity contribution in [3.63, 3.8) is 0 Å². The van der Waals surface area contributed by atoms with Crippen molar-refractivity contribution in [1.29, 1.82) is 0 Å². The van der Waals surface area contributed by atoms with E-state index in [0.717, 1.165) is 29.1 Å². The molecule has 2 aromatic rings. The number of hydrogen-bond acceptors (Lipinski definition) is 2. The molecule has 0 spiro atoms. The minimum Gasteiger partial charge on any atom is -0.179 e. The van der Waals surface area contributed by atoms with Crippen LogP contribution in [0.2, 0.25) is 0 Å². The number of rotatable bonds is 0.